The summed E-state index contributed by atoms with van der Waals surface area (Å²) in [6, 6.07) is 0. The summed E-state index contributed by atoms with van der Waals surface area (Å²) in [4.78, 5) is 0. The quantitative estimate of drug-likeness (QED) is 0.574. The summed E-state index contributed by atoms with van der Waals surface area (Å²) >= 11 is 0. The number of nitrogens with one attached hydrogen (secondary N) is 2. The third-order valence-corrected chi connectivity index (χ3v) is 3.07. The number of hydrogen-bond donors (Lipinski definition) is 4. The van der Waals surface area contributed by atoms with Gasteiger partial charge in [-0.2, -0.15) is 0 Å². The van der Waals surface area contributed by atoms with Gasteiger partial charge in [-0.15, -0.1) is 0 Å². The van der Waals surface area contributed by atoms with Crippen molar-refractivity contribution in [3.05, 3.63) is 0 Å². The van der Waals surface area contributed by atoms with Crippen LogP contribution >= 0.6 is 0 Å². The fourth-order valence-corrected chi connectivity index (χ4v) is 1.89. The number of hydrogen-bond acceptors (Lipinski definition) is 4. The molecule has 6 N–H and O–H groups in total. The van der Waals surface area contributed by atoms with Gasteiger partial charge in [-0.25, -0.2) is 0 Å². The van der Waals surface area contributed by atoms with E-state index in [1.54, 1.807) is 0 Å². The average molecular weight is 258 g/mol. The van der Waals surface area contributed by atoms with E-state index in [4.69, 9.17) is 11.5 Å². The zero-order valence-corrected chi connectivity index (χ0v) is 12.1. The highest BCUT2D eigenvalue weighted by atomic mass is 14.9. The smallest absolute Gasteiger partial charge is 0.00489 e. The minimum Gasteiger partial charge on any atom is -0.330 e. The van der Waals surface area contributed by atoms with Crippen LogP contribution in [0.2, 0.25) is 0 Å². The molecule has 0 unspecified atom stereocenters. The van der Waals surface area contributed by atoms with Crippen molar-refractivity contribution < 1.29 is 0 Å². The van der Waals surface area contributed by atoms with E-state index in [-0.39, 0.29) is 0 Å². The summed E-state index contributed by atoms with van der Waals surface area (Å²) in [6.45, 7) is 6.55. The molecule has 0 bridgehead atoms. The Bertz CT molecular complexity index is 94.7. The molecule has 0 aromatic rings. The van der Waals surface area contributed by atoms with Gasteiger partial charge in [0, 0.05) is 0 Å². The van der Waals surface area contributed by atoms with Gasteiger partial charge in [0.15, 0.2) is 0 Å². The van der Waals surface area contributed by atoms with Crippen molar-refractivity contribution in [1.82, 2.24) is 10.6 Å². The molecule has 110 valence electrons. The highest BCUT2D eigenvalue weighted by Crippen LogP contribution is 1.97. The number of piperidine rings is 2. The second-order valence-electron chi connectivity index (χ2n) is 4.91. The van der Waals surface area contributed by atoms with Crippen molar-refractivity contribution in [1.29, 1.82) is 0 Å². The van der Waals surface area contributed by atoms with Crippen LogP contribution in [-0.2, 0) is 0 Å². The molecule has 18 heavy (non-hydrogen) atoms. The van der Waals surface area contributed by atoms with Gasteiger partial charge in [-0.3, -0.25) is 0 Å². The van der Waals surface area contributed by atoms with Crippen LogP contribution in [0.1, 0.15) is 51.4 Å². The van der Waals surface area contributed by atoms with E-state index >= 15 is 0 Å². The first-order chi connectivity index (χ1) is 8.91. The van der Waals surface area contributed by atoms with Crippen LogP contribution in [0.3, 0.4) is 0 Å². The van der Waals surface area contributed by atoms with Crippen molar-refractivity contribution in [2.45, 2.75) is 51.4 Å². The van der Waals surface area contributed by atoms with Gasteiger partial charge in [0.1, 0.15) is 0 Å². The summed E-state index contributed by atoms with van der Waals surface area (Å²) < 4.78 is 0. The van der Waals surface area contributed by atoms with Crippen LogP contribution in [-0.4, -0.2) is 39.3 Å². The van der Waals surface area contributed by atoms with Gasteiger partial charge in [0.2, 0.25) is 0 Å². The molecule has 2 aliphatic rings. The van der Waals surface area contributed by atoms with Crippen LogP contribution in [0.5, 0.6) is 0 Å². The first-order valence-electron chi connectivity index (χ1n) is 7.73. The standard InChI is InChI=1S/2C5H11N.C4H12N2/c2*1-2-4-6-5-3-1;5-3-1-2-4-6/h2*6H,1-5H2;1-6H2. The summed E-state index contributed by atoms with van der Waals surface area (Å²) in [5, 5.41) is 6.57. The first-order valence-corrected chi connectivity index (χ1v) is 7.73. The van der Waals surface area contributed by atoms with Gasteiger partial charge < -0.3 is 22.1 Å². The van der Waals surface area contributed by atoms with Gasteiger partial charge in [-0.1, -0.05) is 12.8 Å². The molecule has 4 heteroatoms. The molecule has 2 aliphatic heterocycles. The highest BCUT2D eigenvalue weighted by molar-refractivity contribution is 4.55. The molecule has 0 aromatic carbocycles. The zero-order chi connectivity index (χ0) is 13.3. The van der Waals surface area contributed by atoms with Gasteiger partial charge >= 0.3 is 0 Å². The topological polar surface area (TPSA) is 76.1 Å². The second kappa shape index (κ2) is 16.8. The third kappa shape index (κ3) is 15.8. The van der Waals surface area contributed by atoms with Crippen LogP contribution in [0.4, 0.5) is 0 Å². The van der Waals surface area contributed by atoms with Crippen molar-refractivity contribution in [2.24, 2.45) is 11.5 Å². The summed E-state index contributed by atoms with van der Waals surface area (Å²) in [6.07, 6.45) is 10.6. The van der Waals surface area contributed by atoms with Crippen LogP contribution in [0.25, 0.3) is 0 Å². The van der Waals surface area contributed by atoms with Crippen molar-refractivity contribution in [3.8, 4) is 0 Å². The van der Waals surface area contributed by atoms with Gasteiger partial charge in [-0.05, 0) is 77.8 Å². The fraction of sp³-hybridized carbons (Fsp3) is 1.00. The van der Waals surface area contributed by atoms with Crippen LogP contribution < -0.4 is 22.1 Å². The minimum absolute atomic E-state index is 0.775. The lowest BCUT2D eigenvalue weighted by Gasteiger charge is -2.08. The van der Waals surface area contributed by atoms with Crippen molar-refractivity contribution >= 4 is 0 Å². The van der Waals surface area contributed by atoms with E-state index < -0.39 is 0 Å². The van der Waals surface area contributed by atoms with Crippen LogP contribution in [0, 0.1) is 0 Å². The molecule has 2 rings (SSSR count). The third-order valence-electron chi connectivity index (χ3n) is 3.07. The summed E-state index contributed by atoms with van der Waals surface area (Å²) in [5.74, 6) is 0. The molecule has 0 amide bonds. The van der Waals surface area contributed by atoms with E-state index in [2.05, 4.69) is 10.6 Å². The second-order valence-corrected chi connectivity index (χ2v) is 4.91. The minimum atomic E-state index is 0.775. The average Bonchev–Trinajstić information content (AvgIpc) is 2.50. The zero-order valence-electron chi connectivity index (χ0n) is 12.1. The lowest BCUT2D eigenvalue weighted by molar-refractivity contribution is 0.520. The van der Waals surface area contributed by atoms with Gasteiger partial charge in [0.25, 0.3) is 0 Å². The predicted molar refractivity (Wildman–Crippen MR) is 80.8 cm³/mol. The Balaban J connectivity index is 0.000000241. The van der Waals surface area contributed by atoms with Crippen LogP contribution in [0.15, 0.2) is 0 Å². The van der Waals surface area contributed by atoms with Crippen molar-refractivity contribution in [3.63, 3.8) is 0 Å². The normalized spacial score (nSPS) is 19.0. The molecule has 2 saturated heterocycles. The monoisotopic (exact) mass is 258 g/mol. The maximum Gasteiger partial charge on any atom is -0.00489 e. The molecule has 0 saturated carbocycles. The van der Waals surface area contributed by atoms with Crippen molar-refractivity contribution in [2.75, 3.05) is 39.3 Å². The lowest BCUT2D eigenvalue weighted by Crippen LogP contribution is -2.21. The lowest BCUT2D eigenvalue weighted by atomic mass is 10.2. The first kappa shape index (κ1) is 17.8. The molecular weight excluding hydrogens is 224 g/mol. The maximum absolute atomic E-state index is 5.16. The molecule has 0 radical (unpaired) electrons. The number of nitrogens with two attached hydrogens (primary N) is 2. The molecule has 4 nitrogen and oxygen atoms in total. The molecule has 0 spiro atoms. The SMILES string of the molecule is C1CCNCC1.C1CCNCC1.NCCCCN. The summed E-state index contributed by atoms with van der Waals surface area (Å²) in [7, 11) is 0. The largest absolute Gasteiger partial charge is 0.330 e. The van der Waals surface area contributed by atoms with E-state index in [1.165, 1.54) is 64.7 Å². The number of unbranched alkanes of at least 4 members (excludes halogenated alkanes) is 1. The Morgan fingerprint density at radius 2 is 0.889 bits per heavy atom. The Morgan fingerprint density at radius 1 is 0.556 bits per heavy atom. The van der Waals surface area contributed by atoms with E-state index in [0.29, 0.717) is 0 Å². The predicted octanol–water partition coefficient (Wildman–Crippen LogP) is 1.20. The van der Waals surface area contributed by atoms with E-state index in [0.717, 1.165) is 25.9 Å². The molecule has 2 heterocycles. The molecule has 0 aromatic heterocycles. The molecule has 2 fully saturated rings. The van der Waals surface area contributed by atoms with E-state index in [9.17, 15) is 0 Å². The Hall–Kier alpha value is -0.160. The molecular formula is C14H34N4. The fourth-order valence-electron chi connectivity index (χ4n) is 1.89. The van der Waals surface area contributed by atoms with Gasteiger partial charge in [0.05, 0.1) is 0 Å². The Labute approximate surface area is 113 Å². The summed E-state index contributed by atoms with van der Waals surface area (Å²) in [5.41, 5.74) is 10.3. The van der Waals surface area contributed by atoms with E-state index in [1.807, 2.05) is 0 Å². The molecule has 0 atom stereocenters. The molecule has 0 aliphatic carbocycles. The maximum atomic E-state index is 5.16. The Morgan fingerprint density at radius 3 is 1.00 bits per heavy atom. The highest BCUT2D eigenvalue weighted by Gasteiger charge is 1.94. The number of rotatable bonds is 3. The Kier molecular flexibility index (Phi) is 16.7.